The second kappa shape index (κ2) is 7.19. The lowest BCUT2D eigenvalue weighted by atomic mass is 9.86. The van der Waals surface area contributed by atoms with Crippen molar-refractivity contribution in [3.63, 3.8) is 0 Å². The molecule has 140 valence electrons. The lowest BCUT2D eigenvalue weighted by molar-refractivity contribution is 0.102. The van der Waals surface area contributed by atoms with Crippen LogP contribution in [0.4, 0.5) is 17.5 Å². The molecule has 0 unspecified atom stereocenters. The largest absolute Gasteiger partial charge is 0.360 e. The number of anilines is 3. The van der Waals surface area contributed by atoms with Gasteiger partial charge < -0.3 is 15.2 Å². The van der Waals surface area contributed by atoms with Gasteiger partial charge in [0.25, 0.3) is 5.91 Å². The van der Waals surface area contributed by atoms with Crippen molar-refractivity contribution in [1.82, 2.24) is 15.1 Å². The third-order valence-electron chi connectivity index (χ3n) is 3.94. The number of carbonyl (C=O) groups excluding carboxylic acids is 1. The van der Waals surface area contributed by atoms with E-state index in [4.69, 9.17) is 4.52 Å². The van der Waals surface area contributed by atoms with E-state index in [0.717, 1.165) is 11.3 Å². The number of nitrogens with zero attached hydrogens (tertiary/aromatic N) is 3. The third kappa shape index (κ3) is 4.49. The second-order valence-corrected chi connectivity index (χ2v) is 7.42. The Morgan fingerprint density at radius 3 is 2.48 bits per heavy atom. The van der Waals surface area contributed by atoms with Gasteiger partial charge in [0, 0.05) is 17.4 Å². The van der Waals surface area contributed by atoms with E-state index in [1.807, 2.05) is 25.1 Å². The predicted octanol–water partition coefficient (Wildman–Crippen LogP) is 4.37. The molecule has 2 aromatic heterocycles. The Morgan fingerprint density at radius 2 is 1.81 bits per heavy atom. The molecule has 0 aliphatic rings. The average Bonchev–Trinajstić information content (AvgIpc) is 2.98. The van der Waals surface area contributed by atoms with Crippen molar-refractivity contribution < 1.29 is 9.32 Å². The topological polar surface area (TPSA) is 92.9 Å². The van der Waals surface area contributed by atoms with Gasteiger partial charge in [-0.15, -0.1) is 0 Å². The summed E-state index contributed by atoms with van der Waals surface area (Å²) in [4.78, 5) is 21.3. The van der Waals surface area contributed by atoms with Crippen LogP contribution in [0.1, 0.15) is 48.3 Å². The van der Waals surface area contributed by atoms with Crippen LogP contribution in [0, 0.1) is 13.8 Å². The van der Waals surface area contributed by atoms with Crippen molar-refractivity contribution in [2.45, 2.75) is 40.0 Å². The van der Waals surface area contributed by atoms with Crippen LogP contribution in [0.15, 0.2) is 40.9 Å². The van der Waals surface area contributed by atoms with E-state index in [1.54, 1.807) is 19.1 Å². The Kier molecular flexibility index (Phi) is 4.94. The van der Waals surface area contributed by atoms with E-state index >= 15 is 0 Å². The van der Waals surface area contributed by atoms with Crippen LogP contribution >= 0.6 is 0 Å². The number of para-hydroxylation sites is 1. The number of benzene rings is 1. The van der Waals surface area contributed by atoms with E-state index in [-0.39, 0.29) is 17.0 Å². The number of amides is 1. The number of aryl methyl sites for hydroxylation is 2. The number of rotatable bonds is 4. The van der Waals surface area contributed by atoms with Gasteiger partial charge in [-0.3, -0.25) is 4.79 Å². The van der Waals surface area contributed by atoms with E-state index in [9.17, 15) is 4.79 Å². The molecule has 1 amide bonds. The first-order valence-electron chi connectivity index (χ1n) is 8.69. The third-order valence-corrected chi connectivity index (χ3v) is 3.94. The number of aromatic nitrogens is 3. The van der Waals surface area contributed by atoms with Crippen LogP contribution in [-0.2, 0) is 5.41 Å². The van der Waals surface area contributed by atoms with Crippen molar-refractivity contribution in [3.05, 3.63) is 59.1 Å². The molecule has 7 heteroatoms. The summed E-state index contributed by atoms with van der Waals surface area (Å²) in [6, 6.07) is 11.3. The number of hydrogen-bond donors (Lipinski definition) is 2. The molecule has 0 atom stereocenters. The van der Waals surface area contributed by atoms with Gasteiger partial charge in [-0.1, -0.05) is 44.1 Å². The molecule has 7 nitrogen and oxygen atoms in total. The molecule has 0 bridgehead atoms. The van der Waals surface area contributed by atoms with Crippen LogP contribution in [0.5, 0.6) is 0 Å². The van der Waals surface area contributed by atoms with Crippen LogP contribution in [0.2, 0.25) is 0 Å². The minimum atomic E-state index is -0.374. The zero-order valence-electron chi connectivity index (χ0n) is 16.1. The lowest BCUT2D eigenvalue weighted by Gasteiger charge is -2.23. The fourth-order valence-corrected chi connectivity index (χ4v) is 2.71. The highest BCUT2D eigenvalue weighted by atomic mass is 16.5. The Morgan fingerprint density at radius 1 is 1.07 bits per heavy atom. The smallest absolute Gasteiger partial charge is 0.275 e. The van der Waals surface area contributed by atoms with Crippen molar-refractivity contribution >= 4 is 23.4 Å². The summed E-state index contributed by atoms with van der Waals surface area (Å²) in [5.74, 6) is 0.959. The highest BCUT2D eigenvalue weighted by Gasteiger charge is 2.19. The van der Waals surface area contributed by atoms with Gasteiger partial charge in [-0.05, 0) is 37.0 Å². The maximum atomic E-state index is 12.5. The Labute approximate surface area is 158 Å². The standard InChI is InChI=1S/C20H23N5O2/c1-12-10-16(18(26)24-17-11-13(2)27-25-17)23-19(21-12)22-15-9-7-6-8-14(15)20(3,4)5/h6-11H,1-5H3,(H,21,22,23)(H,24,25,26). The van der Waals surface area contributed by atoms with Gasteiger partial charge in [0.15, 0.2) is 5.82 Å². The van der Waals surface area contributed by atoms with Crippen molar-refractivity contribution in [2.75, 3.05) is 10.6 Å². The Balaban J connectivity index is 1.87. The first kappa shape index (κ1) is 18.6. The quantitative estimate of drug-likeness (QED) is 0.713. The summed E-state index contributed by atoms with van der Waals surface area (Å²) < 4.78 is 4.96. The molecule has 3 rings (SSSR count). The van der Waals surface area contributed by atoms with Crippen molar-refractivity contribution in [1.29, 1.82) is 0 Å². The van der Waals surface area contributed by atoms with Gasteiger partial charge in [0.05, 0.1) is 0 Å². The summed E-state index contributed by atoms with van der Waals surface area (Å²) in [6.07, 6.45) is 0. The molecule has 0 aliphatic carbocycles. The maximum absolute atomic E-state index is 12.5. The van der Waals surface area contributed by atoms with E-state index in [0.29, 0.717) is 23.2 Å². The molecule has 0 saturated carbocycles. The fourth-order valence-electron chi connectivity index (χ4n) is 2.71. The van der Waals surface area contributed by atoms with Crippen LogP contribution in [-0.4, -0.2) is 21.0 Å². The summed E-state index contributed by atoms with van der Waals surface area (Å²) in [7, 11) is 0. The summed E-state index contributed by atoms with van der Waals surface area (Å²) in [6.45, 7) is 10.0. The number of nitrogens with one attached hydrogen (secondary N) is 2. The normalized spacial score (nSPS) is 11.3. The first-order valence-corrected chi connectivity index (χ1v) is 8.69. The summed E-state index contributed by atoms with van der Waals surface area (Å²) in [5.41, 5.74) is 2.94. The molecule has 27 heavy (non-hydrogen) atoms. The van der Waals surface area contributed by atoms with Gasteiger partial charge >= 0.3 is 0 Å². The van der Waals surface area contributed by atoms with E-state index in [2.05, 4.69) is 52.6 Å². The Hall–Kier alpha value is -3.22. The highest BCUT2D eigenvalue weighted by molar-refractivity contribution is 6.02. The highest BCUT2D eigenvalue weighted by Crippen LogP contribution is 2.30. The molecular formula is C20H23N5O2. The van der Waals surface area contributed by atoms with Crippen LogP contribution in [0.3, 0.4) is 0 Å². The number of carbonyl (C=O) groups is 1. The molecule has 0 saturated heterocycles. The van der Waals surface area contributed by atoms with Gasteiger partial charge in [-0.2, -0.15) is 0 Å². The van der Waals surface area contributed by atoms with Crippen LogP contribution in [0.25, 0.3) is 0 Å². The average molecular weight is 365 g/mol. The minimum Gasteiger partial charge on any atom is -0.360 e. The molecule has 1 aromatic carbocycles. The predicted molar refractivity (Wildman–Crippen MR) is 104 cm³/mol. The molecule has 2 N–H and O–H groups in total. The first-order chi connectivity index (χ1) is 12.7. The summed E-state index contributed by atoms with van der Waals surface area (Å²) >= 11 is 0. The molecule has 0 spiro atoms. The Bertz CT molecular complexity index is 972. The van der Waals surface area contributed by atoms with E-state index in [1.165, 1.54) is 0 Å². The zero-order valence-corrected chi connectivity index (χ0v) is 16.1. The summed E-state index contributed by atoms with van der Waals surface area (Å²) in [5, 5.41) is 9.68. The zero-order chi connectivity index (χ0) is 19.6. The number of hydrogen-bond acceptors (Lipinski definition) is 6. The minimum absolute atomic E-state index is 0.0432. The molecule has 2 heterocycles. The molecule has 0 fully saturated rings. The maximum Gasteiger partial charge on any atom is 0.275 e. The lowest BCUT2D eigenvalue weighted by Crippen LogP contribution is -2.17. The second-order valence-electron chi connectivity index (χ2n) is 7.42. The molecule has 0 radical (unpaired) electrons. The van der Waals surface area contributed by atoms with Gasteiger partial charge in [0.1, 0.15) is 11.5 Å². The van der Waals surface area contributed by atoms with Crippen LogP contribution < -0.4 is 10.6 Å². The van der Waals surface area contributed by atoms with E-state index < -0.39 is 0 Å². The van der Waals surface area contributed by atoms with Gasteiger partial charge in [-0.25, -0.2) is 9.97 Å². The fraction of sp³-hybridized carbons (Fsp3) is 0.300. The SMILES string of the molecule is Cc1cc(C(=O)Nc2cc(C)on2)nc(Nc2ccccc2C(C)(C)C)n1. The monoisotopic (exact) mass is 365 g/mol. The molecule has 3 aromatic rings. The van der Waals surface area contributed by atoms with Gasteiger partial charge in [0.2, 0.25) is 5.95 Å². The van der Waals surface area contributed by atoms with Crippen molar-refractivity contribution in [3.8, 4) is 0 Å². The molecular weight excluding hydrogens is 342 g/mol. The molecule has 0 aliphatic heterocycles. The van der Waals surface area contributed by atoms with Crippen molar-refractivity contribution in [2.24, 2.45) is 0 Å².